The Balaban J connectivity index is 1.38. The van der Waals surface area contributed by atoms with Gasteiger partial charge in [0.25, 0.3) is 11.8 Å². The van der Waals surface area contributed by atoms with Crippen LogP contribution in [0.5, 0.6) is 0 Å². The zero-order chi connectivity index (χ0) is 25.4. The molecule has 3 amide bonds. The van der Waals surface area contributed by atoms with Crippen LogP contribution in [0.4, 0.5) is 18.9 Å². The Morgan fingerprint density at radius 3 is 2.64 bits per heavy atom. The van der Waals surface area contributed by atoms with E-state index in [1.54, 1.807) is 6.07 Å². The van der Waals surface area contributed by atoms with Crippen molar-refractivity contribution < 1.29 is 27.6 Å². The summed E-state index contributed by atoms with van der Waals surface area (Å²) < 4.78 is 39.5. The summed E-state index contributed by atoms with van der Waals surface area (Å²) >= 11 is 0. The van der Waals surface area contributed by atoms with E-state index in [1.165, 1.54) is 47.8 Å². The quantitative estimate of drug-likeness (QED) is 0.579. The fourth-order valence-corrected chi connectivity index (χ4v) is 4.52. The molecular weight excluding hydrogens is 475 g/mol. The van der Waals surface area contributed by atoms with Gasteiger partial charge in [0.15, 0.2) is 0 Å². The number of nitrogens with zero attached hydrogens (tertiary/aromatic N) is 3. The van der Waals surface area contributed by atoms with Crippen LogP contribution < -0.4 is 10.6 Å². The molecule has 8 nitrogen and oxygen atoms in total. The van der Waals surface area contributed by atoms with Crippen LogP contribution in [0, 0.1) is 0 Å². The average molecular weight is 495 g/mol. The molecule has 0 spiro atoms. The van der Waals surface area contributed by atoms with Crippen LogP contribution in [-0.4, -0.2) is 51.2 Å². The van der Waals surface area contributed by atoms with Gasteiger partial charge < -0.3 is 15.5 Å². The number of fused-ring (bicyclic) bond motifs is 2. The second-order valence-electron chi connectivity index (χ2n) is 8.63. The third kappa shape index (κ3) is 4.51. The molecule has 2 N–H and O–H groups in total. The molecule has 2 atom stereocenters. The number of hydrogen-bond acceptors (Lipinski definition) is 5. The number of nitrogens with one attached hydrogen (secondary N) is 2. The smallest absolute Gasteiger partial charge is 0.348 e. The van der Waals surface area contributed by atoms with Crippen molar-refractivity contribution in [3.63, 3.8) is 0 Å². The van der Waals surface area contributed by atoms with Crippen molar-refractivity contribution in [2.45, 2.75) is 31.1 Å². The van der Waals surface area contributed by atoms with Crippen molar-refractivity contribution in [3.05, 3.63) is 77.9 Å². The van der Waals surface area contributed by atoms with Crippen molar-refractivity contribution in [3.8, 4) is 11.1 Å². The van der Waals surface area contributed by atoms with Gasteiger partial charge in [-0.3, -0.25) is 19.4 Å². The molecule has 2 unspecified atom stereocenters. The lowest BCUT2D eigenvalue weighted by molar-refractivity contribution is -0.137. The summed E-state index contributed by atoms with van der Waals surface area (Å²) in [6.07, 6.45) is 0.325. The number of hydrogen-bond donors (Lipinski definition) is 2. The zero-order valence-electron chi connectivity index (χ0n) is 18.7. The van der Waals surface area contributed by atoms with Gasteiger partial charge in [0.1, 0.15) is 11.7 Å². The monoisotopic (exact) mass is 495 g/mol. The number of amides is 3. The number of alkyl halides is 3. The number of carbonyl (C=O) groups excluding carboxylic acids is 3. The number of aromatic nitrogens is 2. The van der Waals surface area contributed by atoms with Gasteiger partial charge in [0.05, 0.1) is 23.0 Å². The van der Waals surface area contributed by atoms with Crippen LogP contribution in [0.2, 0.25) is 0 Å². The van der Waals surface area contributed by atoms with Crippen LogP contribution in [0.3, 0.4) is 0 Å². The van der Waals surface area contributed by atoms with Crippen molar-refractivity contribution in [2.75, 3.05) is 11.9 Å². The summed E-state index contributed by atoms with van der Waals surface area (Å²) in [5, 5.41) is 5.60. The number of anilines is 1. The molecule has 1 saturated heterocycles. The SMILES string of the molecule is O=C(NC1CCN2C(=O)c3cc(-c4cccc(C(F)(F)F)c4)ccc3NC(=O)C2C1)c1cnccn1. The molecule has 3 heterocycles. The van der Waals surface area contributed by atoms with Crippen molar-refractivity contribution in [1.29, 1.82) is 0 Å². The van der Waals surface area contributed by atoms with E-state index in [2.05, 4.69) is 20.6 Å². The first kappa shape index (κ1) is 23.5. The fourth-order valence-electron chi connectivity index (χ4n) is 4.52. The minimum Gasteiger partial charge on any atom is -0.348 e. The summed E-state index contributed by atoms with van der Waals surface area (Å²) in [6.45, 7) is 0.218. The van der Waals surface area contributed by atoms with E-state index in [1.807, 2.05) is 0 Å². The lowest BCUT2D eigenvalue weighted by atomic mass is 9.95. The standard InChI is InChI=1S/C25H20F3N5O3/c26-25(27,28)16-3-1-2-14(10-16)15-4-5-19-18(11-15)24(36)33-9-6-17(12-21(33)23(35)32-19)31-22(34)20-13-29-7-8-30-20/h1-5,7-8,10-11,13,17,21H,6,9,12H2,(H,31,34)(H,32,35). The van der Waals surface area contributed by atoms with E-state index in [-0.39, 0.29) is 36.0 Å². The molecular formula is C25H20F3N5O3. The van der Waals surface area contributed by atoms with Crippen LogP contribution in [-0.2, 0) is 11.0 Å². The molecule has 2 aliphatic rings. The van der Waals surface area contributed by atoms with Gasteiger partial charge in [0, 0.05) is 25.0 Å². The van der Waals surface area contributed by atoms with Gasteiger partial charge in [-0.1, -0.05) is 18.2 Å². The lowest BCUT2D eigenvalue weighted by Crippen LogP contribution is -2.55. The van der Waals surface area contributed by atoms with E-state index in [0.717, 1.165) is 12.1 Å². The number of piperidine rings is 1. The molecule has 11 heteroatoms. The molecule has 0 aliphatic carbocycles. The van der Waals surface area contributed by atoms with Gasteiger partial charge in [-0.15, -0.1) is 0 Å². The lowest BCUT2D eigenvalue weighted by Gasteiger charge is -2.37. The van der Waals surface area contributed by atoms with Crippen LogP contribution in [0.15, 0.2) is 61.1 Å². The first-order valence-electron chi connectivity index (χ1n) is 11.2. The largest absolute Gasteiger partial charge is 0.416 e. The number of benzene rings is 2. The maximum absolute atomic E-state index is 13.4. The number of carbonyl (C=O) groups is 3. The van der Waals surface area contributed by atoms with Gasteiger partial charge in [-0.2, -0.15) is 13.2 Å². The van der Waals surface area contributed by atoms with E-state index >= 15 is 0 Å². The van der Waals surface area contributed by atoms with Crippen LogP contribution in [0.25, 0.3) is 11.1 Å². The highest BCUT2D eigenvalue weighted by Gasteiger charge is 2.40. The van der Waals surface area contributed by atoms with Crippen molar-refractivity contribution in [2.24, 2.45) is 0 Å². The second-order valence-corrected chi connectivity index (χ2v) is 8.63. The number of rotatable bonds is 3. The van der Waals surface area contributed by atoms with Crippen LogP contribution >= 0.6 is 0 Å². The predicted octanol–water partition coefficient (Wildman–Crippen LogP) is 3.52. The first-order valence-corrected chi connectivity index (χ1v) is 11.2. The fraction of sp³-hybridized carbons (Fsp3) is 0.240. The van der Waals surface area contributed by atoms with E-state index < -0.39 is 35.5 Å². The van der Waals surface area contributed by atoms with Crippen molar-refractivity contribution >= 4 is 23.4 Å². The Kier molecular flexibility index (Phi) is 5.91. The highest BCUT2D eigenvalue weighted by Crippen LogP contribution is 2.35. The topological polar surface area (TPSA) is 104 Å². The van der Waals surface area contributed by atoms with Crippen molar-refractivity contribution in [1.82, 2.24) is 20.2 Å². The maximum Gasteiger partial charge on any atom is 0.416 e. The molecule has 3 aromatic rings. The third-order valence-corrected chi connectivity index (χ3v) is 6.33. The summed E-state index contributed by atoms with van der Waals surface area (Å²) in [5.74, 6) is -1.22. The summed E-state index contributed by atoms with van der Waals surface area (Å²) in [7, 11) is 0. The van der Waals surface area contributed by atoms with Gasteiger partial charge >= 0.3 is 6.18 Å². The third-order valence-electron chi connectivity index (χ3n) is 6.33. The van der Waals surface area contributed by atoms with E-state index in [4.69, 9.17) is 0 Å². The molecule has 0 radical (unpaired) electrons. The summed E-state index contributed by atoms with van der Waals surface area (Å²) in [6, 6.07) is 8.25. The van der Waals surface area contributed by atoms with Gasteiger partial charge in [-0.05, 0) is 48.2 Å². The molecule has 36 heavy (non-hydrogen) atoms. The Hall–Kier alpha value is -4.28. The Morgan fingerprint density at radius 1 is 1.08 bits per heavy atom. The number of halogens is 3. The molecule has 1 fully saturated rings. The summed E-state index contributed by atoms with van der Waals surface area (Å²) in [5.41, 5.74) is 0.569. The molecule has 0 saturated carbocycles. The van der Waals surface area contributed by atoms with Gasteiger partial charge in [0.2, 0.25) is 5.91 Å². The van der Waals surface area contributed by atoms with E-state index in [0.29, 0.717) is 17.5 Å². The molecule has 2 aliphatic heterocycles. The second kappa shape index (κ2) is 9.06. The Morgan fingerprint density at radius 2 is 1.89 bits per heavy atom. The minimum atomic E-state index is -4.49. The van der Waals surface area contributed by atoms with Crippen LogP contribution in [0.1, 0.15) is 39.3 Å². The Bertz CT molecular complexity index is 1350. The first-order chi connectivity index (χ1) is 17.2. The molecule has 1 aromatic heterocycles. The zero-order valence-corrected chi connectivity index (χ0v) is 18.7. The molecule has 2 aromatic carbocycles. The minimum absolute atomic E-state index is 0.149. The average Bonchev–Trinajstić information content (AvgIpc) is 2.98. The maximum atomic E-state index is 13.4. The molecule has 184 valence electrons. The van der Waals surface area contributed by atoms with E-state index in [9.17, 15) is 27.6 Å². The van der Waals surface area contributed by atoms with Gasteiger partial charge in [-0.25, -0.2) is 4.98 Å². The normalized spacial score (nSPS) is 19.6. The highest BCUT2D eigenvalue weighted by molar-refractivity contribution is 6.10. The Labute approximate surface area is 203 Å². The summed E-state index contributed by atoms with van der Waals surface area (Å²) in [4.78, 5) is 48.2. The molecule has 0 bridgehead atoms. The predicted molar refractivity (Wildman–Crippen MR) is 123 cm³/mol. The molecule has 5 rings (SSSR count). The highest BCUT2D eigenvalue weighted by atomic mass is 19.4.